The standard InChI is InChI=1S/C8H10F3NO3/c1-7(2)14-4-5(15-7)3-12-6(13)8(9,10)11/h4H,3H2,1-2H3,(H,12,13). The van der Waals surface area contributed by atoms with Crippen molar-refractivity contribution >= 4 is 5.91 Å². The third-order valence-electron chi connectivity index (χ3n) is 1.53. The fourth-order valence-electron chi connectivity index (χ4n) is 0.917. The molecule has 0 unspecified atom stereocenters. The van der Waals surface area contributed by atoms with Crippen molar-refractivity contribution in [1.29, 1.82) is 0 Å². The van der Waals surface area contributed by atoms with Gasteiger partial charge in [0.25, 0.3) is 0 Å². The molecule has 0 bridgehead atoms. The molecular weight excluding hydrogens is 215 g/mol. The average molecular weight is 225 g/mol. The molecule has 0 radical (unpaired) electrons. The minimum absolute atomic E-state index is 0.151. The summed E-state index contributed by atoms with van der Waals surface area (Å²) in [5.41, 5.74) is 0. The summed E-state index contributed by atoms with van der Waals surface area (Å²) < 4.78 is 45.3. The number of carbonyl (C=O) groups is 1. The maximum absolute atomic E-state index is 11.8. The van der Waals surface area contributed by atoms with E-state index in [9.17, 15) is 18.0 Å². The Morgan fingerprint density at radius 1 is 1.53 bits per heavy atom. The number of carbonyl (C=O) groups excluding carboxylic acids is 1. The van der Waals surface area contributed by atoms with Gasteiger partial charge >= 0.3 is 12.1 Å². The van der Waals surface area contributed by atoms with Crippen LogP contribution in [-0.2, 0) is 14.3 Å². The molecule has 0 aliphatic carbocycles. The van der Waals surface area contributed by atoms with Gasteiger partial charge in [-0.05, 0) is 0 Å². The smallest absolute Gasteiger partial charge is 0.457 e. The lowest BCUT2D eigenvalue weighted by atomic mass is 10.4. The summed E-state index contributed by atoms with van der Waals surface area (Å²) >= 11 is 0. The molecule has 7 heteroatoms. The SMILES string of the molecule is CC1(C)OC=C(CNC(=O)C(F)(F)F)O1. The zero-order chi connectivity index (χ0) is 11.7. The minimum Gasteiger partial charge on any atom is -0.457 e. The third-order valence-corrected chi connectivity index (χ3v) is 1.53. The molecule has 0 atom stereocenters. The normalized spacial score (nSPS) is 18.9. The highest BCUT2D eigenvalue weighted by Gasteiger charge is 2.39. The monoisotopic (exact) mass is 225 g/mol. The van der Waals surface area contributed by atoms with Gasteiger partial charge in [-0.3, -0.25) is 4.79 Å². The molecule has 0 aromatic carbocycles. The molecule has 86 valence electrons. The predicted octanol–water partition coefficient (Wildman–Crippen LogP) is 1.29. The summed E-state index contributed by atoms with van der Waals surface area (Å²) in [5.74, 6) is -2.74. The minimum atomic E-state index is -4.88. The van der Waals surface area contributed by atoms with Gasteiger partial charge in [-0.15, -0.1) is 0 Å². The van der Waals surface area contributed by atoms with E-state index in [0.29, 0.717) is 0 Å². The topological polar surface area (TPSA) is 47.6 Å². The highest BCUT2D eigenvalue weighted by Crippen LogP contribution is 2.23. The van der Waals surface area contributed by atoms with Gasteiger partial charge in [-0.1, -0.05) is 0 Å². The van der Waals surface area contributed by atoms with Crippen molar-refractivity contribution in [3.05, 3.63) is 12.0 Å². The molecule has 15 heavy (non-hydrogen) atoms. The van der Waals surface area contributed by atoms with Gasteiger partial charge in [0.1, 0.15) is 6.26 Å². The van der Waals surface area contributed by atoms with E-state index in [2.05, 4.69) is 0 Å². The van der Waals surface area contributed by atoms with E-state index >= 15 is 0 Å². The molecule has 1 rings (SSSR count). The van der Waals surface area contributed by atoms with Gasteiger partial charge in [-0.25, -0.2) is 0 Å². The molecule has 1 aliphatic rings. The van der Waals surface area contributed by atoms with Crippen molar-refractivity contribution in [2.75, 3.05) is 6.54 Å². The Kier molecular flexibility index (Phi) is 2.83. The van der Waals surface area contributed by atoms with E-state index in [1.165, 1.54) is 6.26 Å². The van der Waals surface area contributed by atoms with Crippen LogP contribution in [0.3, 0.4) is 0 Å². The molecule has 1 amide bonds. The molecule has 0 saturated heterocycles. The fourth-order valence-corrected chi connectivity index (χ4v) is 0.917. The number of hydrogen-bond donors (Lipinski definition) is 1. The number of ether oxygens (including phenoxy) is 2. The van der Waals surface area contributed by atoms with Crippen molar-refractivity contribution in [1.82, 2.24) is 5.32 Å². The van der Waals surface area contributed by atoms with Crippen LogP contribution in [0.5, 0.6) is 0 Å². The quantitative estimate of drug-likeness (QED) is 0.770. The summed E-state index contributed by atoms with van der Waals surface area (Å²) in [5, 5.41) is 1.67. The molecule has 0 spiro atoms. The van der Waals surface area contributed by atoms with Gasteiger partial charge in [-0.2, -0.15) is 13.2 Å². The largest absolute Gasteiger partial charge is 0.471 e. The number of nitrogens with one attached hydrogen (secondary N) is 1. The zero-order valence-electron chi connectivity index (χ0n) is 8.14. The lowest BCUT2D eigenvalue weighted by Gasteiger charge is -2.18. The first-order valence-corrected chi connectivity index (χ1v) is 4.11. The summed E-state index contributed by atoms with van der Waals surface area (Å²) in [6, 6.07) is 0. The Balaban J connectivity index is 2.37. The summed E-state index contributed by atoms with van der Waals surface area (Å²) in [6.07, 6.45) is -3.70. The number of alkyl halides is 3. The van der Waals surface area contributed by atoms with Crippen molar-refractivity contribution in [3.63, 3.8) is 0 Å². The van der Waals surface area contributed by atoms with Crippen LogP contribution in [0.15, 0.2) is 12.0 Å². The molecule has 0 saturated carbocycles. The lowest BCUT2D eigenvalue weighted by Crippen LogP contribution is -2.38. The first kappa shape index (κ1) is 11.7. The summed E-state index contributed by atoms with van der Waals surface area (Å²) in [6.45, 7) is 2.85. The van der Waals surface area contributed by atoms with Gasteiger partial charge in [0.15, 0.2) is 5.76 Å². The van der Waals surface area contributed by atoms with Gasteiger partial charge in [0, 0.05) is 13.8 Å². The Morgan fingerprint density at radius 3 is 2.53 bits per heavy atom. The Morgan fingerprint density at radius 2 is 2.13 bits per heavy atom. The van der Waals surface area contributed by atoms with Crippen LogP contribution in [-0.4, -0.2) is 24.4 Å². The fraction of sp³-hybridized carbons (Fsp3) is 0.625. The third kappa shape index (κ3) is 3.34. The van der Waals surface area contributed by atoms with Crippen LogP contribution in [0, 0.1) is 0 Å². The highest BCUT2D eigenvalue weighted by molar-refractivity contribution is 5.81. The molecule has 1 N–H and O–H groups in total. The van der Waals surface area contributed by atoms with Crippen molar-refractivity contribution in [2.45, 2.75) is 25.8 Å². The van der Waals surface area contributed by atoms with E-state index < -0.39 is 17.9 Å². The number of hydrogen-bond acceptors (Lipinski definition) is 3. The second-order valence-corrected chi connectivity index (χ2v) is 3.38. The molecule has 4 nitrogen and oxygen atoms in total. The molecule has 0 fully saturated rings. The van der Waals surface area contributed by atoms with Crippen LogP contribution in [0.4, 0.5) is 13.2 Å². The first-order chi connectivity index (χ1) is 6.71. The van der Waals surface area contributed by atoms with Crippen LogP contribution in [0.1, 0.15) is 13.8 Å². The molecule has 0 aromatic heterocycles. The van der Waals surface area contributed by atoms with E-state index in [-0.39, 0.29) is 12.3 Å². The number of halogens is 3. The predicted molar refractivity (Wildman–Crippen MR) is 43.4 cm³/mol. The van der Waals surface area contributed by atoms with Crippen LogP contribution in [0.2, 0.25) is 0 Å². The van der Waals surface area contributed by atoms with Gasteiger partial charge in [0.05, 0.1) is 6.54 Å². The van der Waals surface area contributed by atoms with Crippen LogP contribution >= 0.6 is 0 Å². The Labute approximate surface area is 84.0 Å². The van der Waals surface area contributed by atoms with Crippen molar-refractivity contribution in [3.8, 4) is 0 Å². The Hall–Kier alpha value is -1.40. The molecule has 1 aliphatic heterocycles. The second-order valence-electron chi connectivity index (χ2n) is 3.38. The van der Waals surface area contributed by atoms with Crippen molar-refractivity contribution < 1.29 is 27.4 Å². The van der Waals surface area contributed by atoms with E-state index in [1.54, 1.807) is 19.2 Å². The number of amides is 1. The molecule has 1 heterocycles. The van der Waals surface area contributed by atoms with E-state index in [0.717, 1.165) is 0 Å². The van der Waals surface area contributed by atoms with Crippen LogP contribution < -0.4 is 5.32 Å². The molecular formula is C8H10F3NO3. The van der Waals surface area contributed by atoms with E-state index in [1.807, 2.05) is 0 Å². The van der Waals surface area contributed by atoms with Crippen molar-refractivity contribution in [2.24, 2.45) is 0 Å². The maximum atomic E-state index is 11.8. The highest BCUT2D eigenvalue weighted by atomic mass is 19.4. The van der Waals surface area contributed by atoms with E-state index in [4.69, 9.17) is 9.47 Å². The second kappa shape index (κ2) is 3.63. The lowest BCUT2D eigenvalue weighted by molar-refractivity contribution is -0.173. The first-order valence-electron chi connectivity index (χ1n) is 4.11. The molecule has 0 aromatic rings. The number of rotatable bonds is 2. The summed E-state index contributed by atoms with van der Waals surface area (Å²) in [4.78, 5) is 10.4. The Bertz CT molecular complexity index is 296. The average Bonchev–Trinajstić information content (AvgIpc) is 2.39. The summed E-state index contributed by atoms with van der Waals surface area (Å²) in [7, 11) is 0. The zero-order valence-corrected chi connectivity index (χ0v) is 8.14. The van der Waals surface area contributed by atoms with Gasteiger partial charge in [0.2, 0.25) is 5.79 Å². The van der Waals surface area contributed by atoms with Crippen LogP contribution in [0.25, 0.3) is 0 Å². The van der Waals surface area contributed by atoms with Gasteiger partial charge < -0.3 is 14.8 Å². The maximum Gasteiger partial charge on any atom is 0.471 e.